The third-order valence-corrected chi connectivity index (χ3v) is 8.77. The highest BCUT2D eigenvalue weighted by molar-refractivity contribution is 9.10. The molecule has 45 heavy (non-hydrogen) atoms. The highest BCUT2D eigenvalue weighted by atomic mass is 79.9. The lowest BCUT2D eigenvalue weighted by Crippen LogP contribution is -2.49. The molecule has 0 unspecified atom stereocenters. The van der Waals surface area contributed by atoms with Gasteiger partial charge in [0.1, 0.15) is 5.75 Å². The summed E-state index contributed by atoms with van der Waals surface area (Å²) >= 11 is 16.0. The highest BCUT2D eigenvalue weighted by Gasteiger charge is 2.54. The van der Waals surface area contributed by atoms with Gasteiger partial charge in [-0.2, -0.15) is 0 Å². The molecule has 0 saturated heterocycles. The lowest BCUT2D eigenvalue weighted by molar-refractivity contribution is -0.129. The zero-order valence-corrected chi connectivity index (χ0v) is 27.0. The molecule has 230 valence electrons. The van der Waals surface area contributed by atoms with Crippen molar-refractivity contribution in [2.24, 2.45) is 10.1 Å². The maximum Gasteiger partial charge on any atom is 0.252 e. The van der Waals surface area contributed by atoms with Crippen molar-refractivity contribution < 1.29 is 19.4 Å². The Hall–Kier alpha value is -4.05. The second kappa shape index (κ2) is 14.8. The number of rotatable bonds is 12. The summed E-state index contributed by atoms with van der Waals surface area (Å²) in [5.74, 6) is 0.466. The minimum absolute atomic E-state index is 0.0359. The SMILES string of the molecule is [N-]=[N+]=Nc1ccccc1[C@H]1OC(c2ccc(OCCCO)cc2)=N[C@@]1(Cc1ccccc1Br)C(=O)NCc1ccc(Cl)c(Cl)c1. The van der Waals surface area contributed by atoms with Crippen molar-refractivity contribution in [1.82, 2.24) is 5.32 Å². The molecule has 0 radical (unpaired) electrons. The van der Waals surface area contributed by atoms with Gasteiger partial charge in [0.05, 0.1) is 16.7 Å². The summed E-state index contributed by atoms with van der Waals surface area (Å²) in [5, 5.41) is 16.8. The molecule has 0 aromatic heterocycles. The summed E-state index contributed by atoms with van der Waals surface area (Å²) in [6.45, 7) is 0.566. The normalized spacial score (nSPS) is 17.2. The molecule has 0 fully saturated rings. The number of hydrogen-bond donors (Lipinski definition) is 2. The van der Waals surface area contributed by atoms with E-state index in [0.717, 1.165) is 15.6 Å². The van der Waals surface area contributed by atoms with Crippen LogP contribution in [-0.2, 0) is 22.5 Å². The van der Waals surface area contributed by atoms with Crippen LogP contribution in [0.15, 0.2) is 106 Å². The van der Waals surface area contributed by atoms with E-state index in [9.17, 15) is 10.3 Å². The average molecular weight is 709 g/mol. The summed E-state index contributed by atoms with van der Waals surface area (Å²) in [7, 11) is 0. The van der Waals surface area contributed by atoms with Crippen LogP contribution in [-0.4, -0.2) is 35.7 Å². The lowest BCUT2D eigenvalue weighted by atomic mass is 9.81. The van der Waals surface area contributed by atoms with Gasteiger partial charge in [-0.1, -0.05) is 92.8 Å². The molecule has 1 aliphatic heterocycles. The van der Waals surface area contributed by atoms with E-state index in [4.69, 9.17) is 42.8 Å². The van der Waals surface area contributed by atoms with Gasteiger partial charge in [0, 0.05) is 52.2 Å². The molecule has 4 aromatic carbocycles. The Kier molecular flexibility index (Phi) is 10.7. The summed E-state index contributed by atoms with van der Waals surface area (Å²) in [6, 6.07) is 26.9. The number of nitrogens with zero attached hydrogens (tertiary/aromatic N) is 4. The quantitative estimate of drug-likeness (QED) is 0.0664. The summed E-state index contributed by atoms with van der Waals surface area (Å²) < 4.78 is 13.1. The number of carbonyl (C=O) groups is 1. The van der Waals surface area contributed by atoms with E-state index in [1.165, 1.54) is 0 Å². The molecule has 12 heteroatoms. The molecule has 4 aromatic rings. The third-order valence-electron chi connectivity index (χ3n) is 7.26. The summed E-state index contributed by atoms with van der Waals surface area (Å²) in [6.07, 6.45) is -0.294. The molecule has 1 heterocycles. The fraction of sp³-hybridized carbons (Fsp3) is 0.212. The molecule has 9 nitrogen and oxygen atoms in total. The number of ether oxygens (including phenoxy) is 2. The molecule has 0 saturated carbocycles. The minimum Gasteiger partial charge on any atom is -0.494 e. The van der Waals surface area contributed by atoms with Gasteiger partial charge in [0.2, 0.25) is 5.90 Å². The molecule has 0 bridgehead atoms. The number of aliphatic hydroxyl groups excluding tert-OH is 1. The standard InChI is InChI=1S/C33H28BrCl2N5O4/c34-26-8-3-1-6-23(26)19-33(32(43)38-20-21-10-15-27(35)28(36)18-21)30(25-7-2-4-9-29(25)40-41-37)45-31(39-33)22-11-13-24(14-12-22)44-17-5-16-42/h1-4,6-15,18,30,42H,5,16-17,19-20H2,(H,38,43)/t30-,33-/m1/s1. The fourth-order valence-electron chi connectivity index (χ4n) is 5.02. The van der Waals surface area contributed by atoms with Crippen LogP contribution in [0.3, 0.4) is 0 Å². The average Bonchev–Trinajstić information content (AvgIpc) is 3.43. The molecular weight excluding hydrogens is 681 g/mol. The first-order valence-corrected chi connectivity index (χ1v) is 15.6. The van der Waals surface area contributed by atoms with E-state index in [-0.39, 0.29) is 25.5 Å². The molecule has 0 aliphatic carbocycles. The lowest BCUT2D eigenvalue weighted by Gasteiger charge is -2.31. The van der Waals surface area contributed by atoms with Crippen LogP contribution in [0.5, 0.6) is 5.75 Å². The van der Waals surface area contributed by atoms with Crippen LogP contribution < -0.4 is 10.1 Å². The monoisotopic (exact) mass is 707 g/mol. The first-order valence-electron chi connectivity index (χ1n) is 14.0. The number of azide groups is 1. The third kappa shape index (κ3) is 7.44. The maximum absolute atomic E-state index is 14.5. The zero-order valence-electron chi connectivity index (χ0n) is 23.9. The molecule has 5 rings (SSSR count). The second-order valence-corrected chi connectivity index (χ2v) is 11.9. The van der Waals surface area contributed by atoms with E-state index in [2.05, 4.69) is 31.3 Å². The van der Waals surface area contributed by atoms with Gasteiger partial charge >= 0.3 is 0 Å². The number of benzene rings is 4. The molecule has 1 amide bonds. The van der Waals surface area contributed by atoms with Gasteiger partial charge in [-0.3, -0.25) is 4.79 Å². The number of aliphatic hydroxyl groups is 1. The fourth-order valence-corrected chi connectivity index (χ4v) is 5.77. The van der Waals surface area contributed by atoms with Crippen molar-refractivity contribution in [3.63, 3.8) is 0 Å². The van der Waals surface area contributed by atoms with Crippen LogP contribution in [0, 0.1) is 0 Å². The highest BCUT2D eigenvalue weighted by Crippen LogP contribution is 2.46. The molecule has 1 aliphatic rings. The van der Waals surface area contributed by atoms with E-state index in [0.29, 0.717) is 45.6 Å². The van der Waals surface area contributed by atoms with Crippen LogP contribution >= 0.6 is 39.1 Å². The Labute approximate surface area is 278 Å². The van der Waals surface area contributed by atoms with Crippen molar-refractivity contribution in [2.75, 3.05) is 13.2 Å². The van der Waals surface area contributed by atoms with E-state index >= 15 is 0 Å². The first-order chi connectivity index (χ1) is 21.8. The number of nitrogens with one attached hydrogen (secondary N) is 1. The Morgan fingerprint density at radius 2 is 1.82 bits per heavy atom. The minimum atomic E-state index is -1.52. The first kappa shape index (κ1) is 32.3. The molecular formula is C33H28BrCl2N5O4. The van der Waals surface area contributed by atoms with Crippen molar-refractivity contribution in [2.45, 2.75) is 31.0 Å². The van der Waals surface area contributed by atoms with Crippen LogP contribution in [0.1, 0.15) is 34.8 Å². The van der Waals surface area contributed by atoms with Gasteiger partial charge in [0.15, 0.2) is 11.6 Å². The van der Waals surface area contributed by atoms with Gasteiger partial charge in [0.25, 0.3) is 5.91 Å². The van der Waals surface area contributed by atoms with Crippen LogP contribution in [0.25, 0.3) is 10.4 Å². The van der Waals surface area contributed by atoms with Crippen molar-refractivity contribution >= 4 is 56.6 Å². The van der Waals surface area contributed by atoms with E-state index in [1.54, 1.807) is 66.7 Å². The summed E-state index contributed by atoms with van der Waals surface area (Å²) in [5.41, 5.74) is 10.9. The van der Waals surface area contributed by atoms with E-state index in [1.807, 2.05) is 24.3 Å². The molecule has 0 spiro atoms. The van der Waals surface area contributed by atoms with Crippen molar-refractivity contribution in [3.8, 4) is 5.75 Å². The van der Waals surface area contributed by atoms with Crippen LogP contribution in [0.2, 0.25) is 10.0 Å². The second-order valence-electron chi connectivity index (χ2n) is 10.2. The number of aliphatic imine (C=N–C) groups is 1. The van der Waals surface area contributed by atoms with Crippen molar-refractivity contribution in [3.05, 3.63) is 138 Å². The van der Waals surface area contributed by atoms with Gasteiger partial charge < -0.3 is 19.9 Å². The zero-order chi connectivity index (χ0) is 31.8. The molecule has 2 atom stereocenters. The van der Waals surface area contributed by atoms with E-state index < -0.39 is 17.6 Å². The predicted octanol–water partition coefficient (Wildman–Crippen LogP) is 8.27. The predicted molar refractivity (Wildman–Crippen MR) is 178 cm³/mol. The number of amides is 1. The smallest absolute Gasteiger partial charge is 0.252 e. The van der Waals surface area contributed by atoms with Gasteiger partial charge in [-0.25, -0.2) is 4.99 Å². The van der Waals surface area contributed by atoms with Gasteiger partial charge in [-0.15, -0.1) is 0 Å². The largest absolute Gasteiger partial charge is 0.494 e. The van der Waals surface area contributed by atoms with Gasteiger partial charge in [-0.05, 0) is 59.1 Å². The summed E-state index contributed by atoms with van der Waals surface area (Å²) in [4.78, 5) is 22.6. The Bertz CT molecular complexity index is 1760. The number of hydrogen-bond acceptors (Lipinski definition) is 6. The van der Waals surface area contributed by atoms with Crippen LogP contribution in [0.4, 0.5) is 5.69 Å². The number of carbonyl (C=O) groups excluding carboxylic acids is 1. The van der Waals surface area contributed by atoms with Crippen molar-refractivity contribution in [1.29, 1.82) is 0 Å². The Morgan fingerprint density at radius 3 is 2.56 bits per heavy atom. The maximum atomic E-state index is 14.5. The Balaban J connectivity index is 1.61. The Morgan fingerprint density at radius 1 is 1.07 bits per heavy atom. The topological polar surface area (TPSA) is 129 Å². The number of halogens is 3. The molecule has 2 N–H and O–H groups in total.